The van der Waals surface area contributed by atoms with Crippen LogP contribution in [0.2, 0.25) is 5.02 Å². The third-order valence-electron chi connectivity index (χ3n) is 4.46. The molecule has 136 valence electrons. The van der Waals surface area contributed by atoms with E-state index < -0.39 is 0 Å². The van der Waals surface area contributed by atoms with Crippen molar-refractivity contribution < 1.29 is 9.59 Å². The van der Waals surface area contributed by atoms with Gasteiger partial charge in [-0.15, -0.1) is 0 Å². The third-order valence-corrected chi connectivity index (χ3v) is 4.69. The minimum atomic E-state index is -0.0733. The van der Waals surface area contributed by atoms with Gasteiger partial charge in [-0.05, 0) is 30.2 Å². The second-order valence-electron chi connectivity index (χ2n) is 6.26. The normalized spacial score (nSPS) is 14.2. The van der Waals surface area contributed by atoms with Gasteiger partial charge < -0.3 is 15.1 Å². The van der Waals surface area contributed by atoms with Gasteiger partial charge in [-0.3, -0.25) is 4.79 Å². The van der Waals surface area contributed by atoms with Gasteiger partial charge >= 0.3 is 6.03 Å². The van der Waals surface area contributed by atoms with Gasteiger partial charge in [0.15, 0.2) is 0 Å². The molecule has 1 saturated heterocycles. The monoisotopic (exact) mass is 371 g/mol. The van der Waals surface area contributed by atoms with Crippen molar-refractivity contribution in [3.8, 4) is 0 Å². The number of hydrogen-bond donors (Lipinski definition) is 1. The van der Waals surface area contributed by atoms with Crippen LogP contribution >= 0.6 is 11.6 Å². The van der Waals surface area contributed by atoms with Crippen molar-refractivity contribution in [3.63, 3.8) is 0 Å². The average Bonchev–Trinajstić information content (AvgIpc) is 2.68. The van der Waals surface area contributed by atoms with E-state index in [0.29, 0.717) is 43.3 Å². The Morgan fingerprint density at radius 3 is 2.31 bits per heavy atom. The van der Waals surface area contributed by atoms with Gasteiger partial charge in [0.05, 0.1) is 0 Å². The number of nitrogens with zero attached hydrogens (tertiary/aromatic N) is 2. The van der Waals surface area contributed by atoms with E-state index in [1.54, 1.807) is 34.1 Å². The van der Waals surface area contributed by atoms with Crippen LogP contribution in [0.5, 0.6) is 0 Å². The molecule has 2 aromatic carbocycles. The molecule has 3 amide bonds. The highest BCUT2D eigenvalue weighted by Crippen LogP contribution is 2.14. The molecule has 0 bridgehead atoms. The highest BCUT2D eigenvalue weighted by Gasteiger charge is 2.24. The predicted octanol–water partition coefficient (Wildman–Crippen LogP) is 3.05. The van der Waals surface area contributed by atoms with Crippen LogP contribution in [-0.2, 0) is 6.42 Å². The van der Waals surface area contributed by atoms with Gasteiger partial charge in [-0.2, -0.15) is 0 Å². The summed E-state index contributed by atoms with van der Waals surface area (Å²) in [6.45, 7) is 2.71. The van der Waals surface area contributed by atoms with Crippen LogP contribution in [0.15, 0.2) is 54.6 Å². The fourth-order valence-corrected chi connectivity index (χ4v) is 3.18. The van der Waals surface area contributed by atoms with Crippen molar-refractivity contribution in [2.24, 2.45) is 0 Å². The summed E-state index contributed by atoms with van der Waals surface area (Å²) in [5.41, 5.74) is 1.78. The molecule has 0 unspecified atom stereocenters. The van der Waals surface area contributed by atoms with E-state index in [9.17, 15) is 9.59 Å². The molecule has 1 aliphatic heterocycles. The van der Waals surface area contributed by atoms with E-state index in [-0.39, 0.29) is 11.9 Å². The number of urea groups is 1. The second kappa shape index (κ2) is 8.72. The van der Waals surface area contributed by atoms with Crippen LogP contribution in [0, 0.1) is 0 Å². The first kappa shape index (κ1) is 18.3. The summed E-state index contributed by atoms with van der Waals surface area (Å²) >= 11 is 5.95. The van der Waals surface area contributed by atoms with E-state index in [4.69, 9.17) is 11.6 Å². The van der Waals surface area contributed by atoms with Crippen molar-refractivity contribution >= 4 is 23.5 Å². The number of carbonyl (C=O) groups is 2. The van der Waals surface area contributed by atoms with Crippen molar-refractivity contribution in [3.05, 3.63) is 70.7 Å². The van der Waals surface area contributed by atoms with E-state index in [1.165, 1.54) is 5.56 Å². The van der Waals surface area contributed by atoms with E-state index in [1.807, 2.05) is 30.3 Å². The molecule has 1 N–H and O–H groups in total. The van der Waals surface area contributed by atoms with E-state index in [0.717, 1.165) is 6.42 Å². The van der Waals surface area contributed by atoms with Gasteiger partial charge in [0.1, 0.15) is 0 Å². The van der Waals surface area contributed by atoms with Gasteiger partial charge in [0.2, 0.25) is 0 Å². The number of halogens is 1. The molecule has 0 radical (unpaired) electrons. The second-order valence-corrected chi connectivity index (χ2v) is 6.69. The van der Waals surface area contributed by atoms with Crippen LogP contribution in [-0.4, -0.2) is 54.5 Å². The van der Waals surface area contributed by atoms with E-state index in [2.05, 4.69) is 5.32 Å². The predicted molar refractivity (Wildman–Crippen MR) is 102 cm³/mol. The largest absolute Gasteiger partial charge is 0.338 e. The SMILES string of the molecule is O=C(NCCc1ccccc1)N1CCN(C(=O)c2cccc(Cl)c2)CC1. The lowest BCUT2D eigenvalue weighted by molar-refractivity contribution is 0.0665. The lowest BCUT2D eigenvalue weighted by Gasteiger charge is -2.34. The molecule has 5 nitrogen and oxygen atoms in total. The smallest absolute Gasteiger partial charge is 0.317 e. The number of amides is 3. The zero-order valence-electron chi connectivity index (χ0n) is 14.5. The van der Waals surface area contributed by atoms with Gasteiger partial charge in [-0.1, -0.05) is 48.0 Å². The lowest BCUT2D eigenvalue weighted by Crippen LogP contribution is -2.53. The summed E-state index contributed by atoms with van der Waals surface area (Å²) in [5, 5.41) is 3.50. The molecule has 3 rings (SSSR count). The Bertz CT molecular complexity index is 759. The Labute approximate surface area is 158 Å². The maximum absolute atomic E-state index is 12.5. The van der Waals surface area contributed by atoms with Crippen LogP contribution in [0.3, 0.4) is 0 Å². The molecule has 0 aliphatic carbocycles. The number of benzene rings is 2. The highest BCUT2D eigenvalue weighted by molar-refractivity contribution is 6.30. The minimum Gasteiger partial charge on any atom is -0.338 e. The van der Waals surface area contributed by atoms with Crippen LogP contribution in [0.25, 0.3) is 0 Å². The summed E-state index contributed by atoms with van der Waals surface area (Å²) in [4.78, 5) is 28.3. The fraction of sp³-hybridized carbons (Fsp3) is 0.300. The number of rotatable bonds is 4. The number of piperazine rings is 1. The molecule has 1 fully saturated rings. The standard InChI is InChI=1S/C20H22ClN3O2/c21-18-8-4-7-17(15-18)19(25)23-11-13-24(14-12-23)20(26)22-10-9-16-5-2-1-3-6-16/h1-8,15H,9-14H2,(H,22,26). The van der Waals surface area contributed by atoms with Gasteiger partial charge in [0.25, 0.3) is 5.91 Å². The molecule has 2 aromatic rings. The molecule has 0 atom stereocenters. The fourth-order valence-electron chi connectivity index (χ4n) is 2.99. The highest BCUT2D eigenvalue weighted by atomic mass is 35.5. The molecular weight excluding hydrogens is 350 g/mol. The molecule has 1 aliphatic rings. The number of nitrogens with one attached hydrogen (secondary N) is 1. The van der Waals surface area contributed by atoms with Gasteiger partial charge in [0, 0.05) is 43.3 Å². The molecule has 0 spiro atoms. The third kappa shape index (κ3) is 4.76. The molecule has 0 saturated carbocycles. The topological polar surface area (TPSA) is 52.7 Å². The zero-order valence-corrected chi connectivity index (χ0v) is 15.3. The Morgan fingerprint density at radius 2 is 1.62 bits per heavy atom. The Hall–Kier alpha value is -2.53. The first-order chi connectivity index (χ1) is 12.6. The van der Waals surface area contributed by atoms with Crippen LogP contribution in [0.1, 0.15) is 15.9 Å². The zero-order chi connectivity index (χ0) is 18.4. The van der Waals surface area contributed by atoms with Crippen LogP contribution in [0.4, 0.5) is 4.79 Å². The maximum Gasteiger partial charge on any atom is 0.317 e. The van der Waals surface area contributed by atoms with Crippen molar-refractivity contribution in [1.82, 2.24) is 15.1 Å². The summed E-state index contributed by atoms with van der Waals surface area (Å²) in [5.74, 6) is -0.0448. The summed E-state index contributed by atoms with van der Waals surface area (Å²) in [6.07, 6.45) is 0.805. The summed E-state index contributed by atoms with van der Waals surface area (Å²) < 4.78 is 0. The molecule has 1 heterocycles. The Balaban J connectivity index is 1.44. The average molecular weight is 372 g/mol. The van der Waals surface area contributed by atoms with Crippen molar-refractivity contribution in [2.45, 2.75) is 6.42 Å². The summed E-state index contributed by atoms with van der Waals surface area (Å²) in [6, 6.07) is 16.9. The minimum absolute atomic E-state index is 0.0448. The lowest BCUT2D eigenvalue weighted by atomic mass is 10.1. The number of hydrogen-bond acceptors (Lipinski definition) is 2. The van der Waals surface area contributed by atoms with Crippen molar-refractivity contribution in [2.75, 3.05) is 32.7 Å². The van der Waals surface area contributed by atoms with Crippen LogP contribution < -0.4 is 5.32 Å². The molecule has 6 heteroatoms. The first-order valence-corrected chi connectivity index (χ1v) is 9.13. The Kier molecular flexibility index (Phi) is 6.12. The Morgan fingerprint density at radius 1 is 0.923 bits per heavy atom. The van der Waals surface area contributed by atoms with E-state index >= 15 is 0 Å². The number of carbonyl (C=O) groups excluding carboxylic acids is 2. The molecular formula is C20H22ClN3O2. The van der Waals surface area contributed by atoms with Gasteiger partial charge in [-0.25, -0.2) is 4.79 Å². The quantitative estimate of drug-likeness (QED) is 0.898. The van der Waals surface area contributed by atoms with Crippen molar-refractivity contribution in [1.29, 1.82) is 0 Å². The summed E-state index contributed by atoms with van der Waals surface area (Å²) in [7, 11) is 0. The molecule has 26 heavy (non-hydrogen) atoms. The molecule has 0 aromatic heterocycles. The first-order valence-electron chi connectivity index (χ1n) is 8.75. The maximum atomic E-state index is 12.5.